The van der Waals surface area contributed by atoms with Gasteiger partial charge in [0.05, 0.1) is 28.5 Å². The number of benzene rings is 2. The van der Waals surface area contributed by atoms with Crippen LogP contribution in [-0.2, 0) is 24.1 Å². The Kier molecular flexibility index (Phi) is 10.2. The maximum Gasteiger partial charge on any atom is 0.305 e. The van der Waals surface area contributed by atoms with E-state index >= 15 is 4.39 Å². The monoisotopic (exact) mass is 667 g/mol. The number of aromatic hydroxyl groups is 1. The van der Waals surface area contributed by atoms with E-state index in [-0.39, 0.29) is 27.9 Å². The van der Waals surface area contributed by atoms with Crippen molar-refractivity contribution in [2.75, 3.05) is 45.9 Å². The first-order valence-electron chi connectivity index (χ1n) is 16.1. The largest absolute Gasteiger partial charge is 0.506 e. The molecule has 0 atom stereocenters. The fraction of sp³-hybridized carbons (Fsp3) is 0.500. The molecule has 2 aliphatic rings. The van der Waals surface area contributed by atoms with Gasteiger partial charge in [0.1, 0.15) is 22.8 Å². The number of hydrogen-bond donors (Lipinski definition) is 3. The molecule has 0 saturated carbocycles. The van der Waals surface area contributed by atoms with E-state index in [2.05, 4.69) is 34.0 Å². The number of carbonyl (C=O) groups excluding carboxylic acids is 1. The highest BCUT2D eigenvalue weighted by atomic mass is 32.1. The molecule has 2 aromatic heterocycles. The van der Waals surface area contributed by atoms with E-state index in [1.54, 1.807) is 17.4 Å². The van der Waals surface area contributed by atoms with Gasteiger partial charge < -0.3 is 25.0 Å². The SMILES string of the molecule is CC(C)c1nc(C(=O)N2CCOC3(CCN(Cc4cccc(CCCNCCc5ccc(O)c6[nH]c(=O)sc56)c4F)CC3)C2)cs1. The van der Waals surface area contributed by atoms with Gasteiger partial charge in [-0.15, -0.1) is 11.3 Å². The van der Waals surface area contributed by atoms with Gasteiger partial charge in [-0.2, -0.15) is 0 Å². The van der Waals surface area contributed by atoms with Crippen molar-refractivity contribution in [1.82, 2.24) is 25.1 Å². The van der Waals surface area contributed by atoms with Gasteiger partial charge in [0.2, 0.25) is 0 Å². The highest BCUT2D eigenvalue weighted by Crippen LogP contribution is 2.32. The normalized spacial score (nSPS) is 17.0. The molecule has 9 nitrogen and oxygen atoms in total. The molecule has 6 rings (SSSR count). The number of H-pyrrole nitrogens is 1. The van der Waals surface area contributed by atoms with Crippen LogP contribution >= 0.6 is 22.7 Å². The number of piperidine rings is 1. The van der Waals surface area contributed by atoms with Gasteiger partial charge in [-0.25, -0.2) is 9.37 Å². The number of ether oxygens (including phenoxy) is 1. The van der Waals surface area contributed by atoms with E-state index in [4.69, 9.17) is 4.74 Å². The summed E-state index contributed by atoms with van der Waals surface area (Å²) < 4.78 is 22.6. The van der Waals surface area contributed by atoms with Crippen LogP contribution < -0.4 is 10.2 Å². The van der Waals surface area contributed by atoms with Crippen molar-refractivity contribution in [2.24, 2.45) is 0 Å². The zero-order chi connectivity index (χ0) is 32.3. The van der Waals surface area contributed by atoms with Gasteiger partial charge in [-0.1, -0.05) is 49.4 Å². The van der Waals surface area contributed by atoms with E-state index in [9.17, 15) is 14.7 Å². The number of aromatic nitrogens is 2. The van der Waals surface area contributed by atoms with E-state index in [1.165, 1.54) is 0 Å². The van der Waals surface area contributed by atoms with Crippen molar-refractivity contribution < 1.29 is 19.0 Å². The molecular formula is C34H42FN5O4S2. The molecule has 0 unspecified atom stereocenters. The molecule has 2 aliphatic heterocycles. The minimum atomic E-state index is -0.357. The summed E-state index contributed by atoms with van der Waals surface area (Å²) in [5, 5.41) is 16.3. The summed E-state index contributed by atoms with van der Waals surface area (Å²) in [7, 11) is 0. The van der Waals surface area contributed by atoms with Crippen LogP contribution in [-0.4, -0.2) is 82.3 Å². The van der Waals surface area contributed by atoms with E-state index in [0.717, 1.165) is 84.0 Å². The number of likely N-dealkylation sites (tertiary alicyclic amines) is 1. The Morgan fingerprint density at radius 2 is 1.93 bits per heavy atom. The lowest BCUT2D eigenvalue weighted by molar-refractivity contribution is -0.128. The number of hydrogen-bond acceptors (Lipinski definition) is 9. The van der Waals surface area contributed by atoms with Crippen LogP contribution in [0.15, 0.2) is 40.5 Å². The molecule has 2 fully saturated rings. The van der Waals surface area contributed by atoms with Gasteiger partial charge >= 0.3 is 4.87 Å². The second-order valence-corrected chi connectivity index (χ2v) is 14.6. The van der Waals surface area contributed by atoms with Crippen molar-refractivity contribution in [3.8, 4) is 5.75 Å². The predicted octanol–water partition coefficient (Wildman–Crippen LogP) is 5.29. The van der Waals surface area contributed by atoms with Crippen LogP contribution in [0, 0.1) is 5.82 Å². The first-order chi connectivity index (χ1) is 22.2. The maximum absolute atomic E-state index is 15.5. The Balaban J connectivity index is 0.954. The summed E-state index contributed by atoms with van der Waals surface area (Å²) in [4.78, 5) is 36.2. The number of amides is 1. The number of rotatable bonds is 11. The lowest BCUT2D eigenvalue weighted by Crippen LogP contribution is -2.58. The minimum absolute atomic E-state index is 0.0165. The standard InChI is InChI=1S/C34H42FN5O4S2/c1-22(2)31-37-26(20-45-31)32(42)40-17-18-44-34(21-40)11-15-39(16-12-34)19-25-6-3-5-23(28(25)35)7-4-13-36-14-10-24-8-9-27(41)29-30(24)46-33(43)38-29/h3,5-6,8-9,20,22,36,41H,4,7,10-19,21H2,1-2H3,(H,38,43). The molecule has 4 heterocycles. The third-order valence-electron chi connectivity index (χ3n) is 9.10. The molecule has 0 aliphatic carbocycles. The van der Waals surface area contributed by atoms with Crippen molar-refractivity contribution in [3.63, 3.8) is 0 Å². The van der Waals surface area contributed by atoms with E-state index < -0.39 is 0 Å². The molecule has 246 valence electrons. The highest BCUT2D eigenvalue weighted by molar-refractivity contribution is 7.16. The number of fused-ring (bicyclic) bond motifs is 1. The summed E-state index contributed by atoms with van der Waals surface area (Å²) in [5.41, 5.74) is 3.14. The molecule has 46 heavy (non-hydrogen) atoms. The molecule has 2 aromatic carbocycles. The number of nitrogens with one attached hydrogen (secondary N) is 2. The topological polar surface area (TPSA) is 111 Å². The molecule has 4 aromatic rings. The van der Waals surface area contributed by atoms with Crippen LogP contribution in [0.3, 0.4) is 0 Å². The highest BCUT2D eigenvalue weighted by Gasteiger charge is 2.41. The lowest BCUT2D eigenvalue weighted by atomic mass is 9.89. The number of nitrogens with zero attached hydrogens (tertiary/aromatic N) is 3. The second kappa shape index (κ2) is 14.3. The molecule has 0 bridgehead atoms. The number of aromatic amines is 1. The third-order valence-corrected chi connectivity index (χ3v) is 11.2. The quantitative estimate of drug-likeness (QED) is 0.187. The zero-order valence-electron chi connectivity index (χ0n) is 26.4. The Hall–Kier alpha value is -3.16. The average molecular weight is 668 g/mol. The Morgan fingerprint density at radius 1 is 1.13 bits per heavy atom. The third kappa shape index (κ3) is 7.36. The average Bonchev–Trinajstić information content (AvgIpc) is 3.70. The molecule has 1 spiro atoms. The number of phenols is 1. The Morgan fingerprint density at radius 3 is 2.72 bits per heavy atom. The van der Waals surface area contributed by atoms with Crippen molar-refractivity contribution in [1.29, 1.82) is 0 Å². The van der Waals surface area contributed by atoms with Crippen LogP contribution in [0.5, 0.6) is 5.75 Å². The molecule has 12 heteroatoms. The Labute approximate surface area is 276 Å². The Bertz CT molecular complexity index is 1730. The molecule has 3 N–H and O–H groups in total. The first kappa shape index (κ1) is 32.8. The summed E-state index contributed by atoms with van der Waals surface area (Å²) in [6, 6.07) is 9.17. The van der Waals surface area contributed by atoms with Gasteiger partial charge in [-0.05, 0) is 62.4 Å². The lowest BCUT2D eigenvalue weighted by Gasteiger charge is -2.47. The molecular weight excluding hydrogens is 626 g/mol. The summed E-state index contributed by atoms with van der Waals surface area (Å²) >= 11 is 2.66. The van der Waals surface area contributed by atoms with Gasteiger partial charge in [-0.3, -0.25) is 14.5 Å². The van der Waals surface area contributed by atoms with Crippen LogP contribution in [0.25, 0.3) is 10.2 Å². The van der Waals surface area contributed by atoms with E-state index in [1.807, 2.05) is 34.5 Å². The molecule has 2 saturated heterocycles. The molecule has 0 radical (unpaired) electrons. The van der Waals surface area contributed by atoms with Crippen molar-refractivity contribution in [2.45, 2.75) is 64.0 Å². The first-order valence-corrected chi connectivity index (χ1v) is 17.8. The zero-order valence-corrected chi connectivity index (χ0v) is 28.1. The smallest absolute Gasteiger partial charge is 0.305 e. The summed E-state index contributed by atoms with van der Waals surface area (Å²) in [6.45, 7) is 9.45. The fourth-order valence-corrected chi connectivity index (χ4v) is 8.17. The van der Waals surface area contributed by atoms with Crippen LogP contribution in [0.1, 0.15) is 71.2 Å². The summed E-state index contributed by atoms with van der Waals surface area (Å²) in [6.07, 6.45) is 3.79. The number of phenolic OH excluding ortho intramolecular Hbond substituents is 1. The molecule has 1 amide bonds. The van der Waals surface area contributed by atoms with Gasteiger partial charge in [0.15, 0.2) is 0 Å². The summed E-state index contributed by atoms with van der Waals surface area (Å²) in [5.74, 6) is 0.254. The number of carbonyl (C=O) groups is 1. The fourth-order valence-electron chi connectivity index (χ4n) is 6.46. The minimum Gasteiger partial charge on any atom is -0.506 e. The van der Waals surface area contributed by atoms with Gasteiger partial charge in [0, 0.05) is 43.0 Å². The number of halogens is 1. The van der Waals surface area contributed by atoms with E-state index in [0.29, 0.717) is 55.4 Å². The second-order valence-electron chi connectivity index (χ2n) is 12.7. The maximum atomic E-state index is 15.5. The van der Waals surface area contributed by atoms with Crippen molar-refractivity contribution >= 4 is 38.8 Å². The number of morpholine rings is 1. The van der Waals surface area contributed by atoms with Crippen LogP contribution in [0.2, 0.25) is 0 Å². The number of thiazole rings is 2. The predicted molar refractivity (Wildman–Crippen MR) is 181 cm³/mol. The van der Waals surface area contributed by atoms with Crippen LogP contribution in [0.4, 0.5) is 4.39 Å². The number of aryl methyl sites for hydroxylation is 1. The van der Waals surface area contributed by atoms with Crippen molar-refractivity contribution in [3.05, 3.63) is 78.6 Å². The van der Waals surface area contributed by atoms with Gasteiger partial charge in [0.25, 0.3) is 5.91 Å².